The van der Waals surface area contributed by atoms with E-state index in [0.717, 1.165) is 37.7 Å². The summed E-state index contributed by atoms with van der Waals surface area (Å²) in [7, 11) is -3.14. The molecule has 6 nitrogen and oxygen atoms in total. The van der Waals surface area contributed by atoms with Gasteiger partial charge in [0.2, 0.25) is 0 Å². The molecule has 0 bridgehead atoms. The molecule has 0 amide bonds. The highest BCUT2D eigenvalue weighted by molar-refractivity contribution is 7.91. The third-order valence-electron chi connectivity index (χ3n) is 7.04. The lowest BCUT2D eigenvalue weighted by atomic mass is 10.0. The quantitative estimate of drug-likeness (QED) is 0.0830. The Morgan fingerprint density at radius 2 is 1.13 bits per heavy atom. The Bertz CT molecular complexity index is 1030. The molecular weight excluding hydrogens is 512 g/mol. The van der Waals surface area contributed by atoms with E-state index in [2.05, 4.69) is 0 Å². The van der Waals surface area contributed by atoms with E-state index in [4.69, 9.17) is 14.9 Å². The number of sulfone groups is 1. The minimum absolute atomic E-state index is 0.106. The average molecular weight is 561 g/mol. The second kappa shape index (κ2) is 19.6. The topological polar surface area (TPSA) is 89.9 Å². The third kappa shape index (κ3) is 14.5. The second-order valence-electron chi connectivity index (χ2n) is 10.5. The normalized spacial score (nSPS) is 11.5. The SMILES string of the molecule is Cc1ccc(S(=O)(=O)CCCCCCCCCCCCCCCCCCOOc2ccccc2C(=O)O)cc1. The van der Waals surface area contributed by atoms with Gasteiger partial charge in [0.15, 0.2) is 15.6 Å². The molecule has 0 fully saturated rings. The van der Waals surface area contributed by atoms with Crippen LogP contribution < -0.4 is 4.89 Å². The lowest BCUT2D eigenvalue weighted by molar-refractivity contribution is -0.207. The standard InChI is InChI=1S/C32H48O6S/c1-28-22-24-29(25-23-28)39(35,36)27-19-15-13-11-9-7-5-3-2-4-6-8-10-12-14-18-26-37-38-31-21-17-16-20-30(31)32(33)34/h16-17,20-25H,2-15,18-19,26-27H2,1H3,(H,33,34). The summed E-state index contributed by atoms with van der Waals surface area (Å²) in [6.07, 6.45) is 18.9. The molecule has 0 unspecified atom stereocenters. The van der Waals surface area contributed by atoms with Crippen molar-refractivity contribution in [3.8, 4) is 5.75 Å². The van der Waals surface area contributed by atoms with Gasteiger partial charge in [-0.3, -0.25) is 0 Å². The fourth-order valence-electron chi connectivity index (χ4n) is 4.61. The van der Waals surface area contributed by atoms with Crippen molar-refractivity contribution in [2.45, 2.75) is 115 Å². The number of benzene rings is 2. The van der Waals surface area contributed by atoms with Gasteiger partial charge in [-0.25, -0.2) is 13.2 Å². The maximum atomic E-state index is 12.4. The number of unbranched alkanes of at least 4 members (excludes halogenated alkanes) is 15. The highest BCUT2D eigenvalue weighted by Gasteiger charge is 2.13. The van der Waals surface area contributed by atoms with Gasteiger partial charge in [-0.15, -0.1) is 0 Å². The van der Waals surface area contributed by atoms with Crippen LogP contribution in [-0.4, -0.2) is 31.9 Å². The van der Waals surface area contributed by atoms with Gasteiger partial charge in [0, 0.05) is 0 Å². The van der Waals surface area contributed by atoms with Gasteiger partial charge in [-0.2, -0.15) is 4.89 Å². The van der Waals surface area contributed by atoms with E-state index in [1.165, 1.54) is 76.7 Å². The molecule has 2 aromatic carbocycles. The fourth-order valence-corrected chi connectivity index (χ4v) is 5.98. The maximum Gasteiger partial charge on any atom is 0.339 e. The summed E-state index contributed by atoms with van der Waals surface area (Å²) < 4.78 is 24.7. The molecule has 0 spiro atoms. The molecule has 0 aliphatic carbocycles. The molecule has 0 heterocycles. The van der Waals surface area contributed by atoms with Crippen LogP contribution in [-0.2, 0) is 14.7 Å². The summed E-state index contributed by atoms with van der Waals surface area (Å²) in [5, 5.41) is 9.12. The van der Waals surface area contributed by atoms with E-state index in [0.29, 0.717) is 11.5 Å². The molecule has 0 aromatic heterocycles. The van der Waals surface area contributed by atoms with Crippen LogP contribution >= 0.6 is 0 Å². The summed E-state index contributed by atoms with van der Waals surface area (Å²) >= 11 is 0. The Kier molecular flexibility index (Phi) is 16.5. The number of carbonyl (C=O) groups is 1. The van der Waals surface area contributed by atoms with Crippen molar-refractivity contribution < 1.29 is 28.1 Å². The van der Waals surface area contributed by atoms with Crippen molar-refractivity contribution in [1.82, 2.24) is 0 Å². The third-order valence-corrected chi connectivity index (χ3v) is 8.85. The number of aryl methyl sites for hydroxylation is 1. The van der Waals surface area contributed by atoms with Crippen molar-refractivity contribution in [3.05, 3.63) is 59.7 Å². The van der Waals surface area contributed by atoms with Crippen molar-refractivity contribution in [2.24, 2.45) is 0 Å². The summed E-state index contributed by atoms with van der Waals surface area (Å²) in [5.74, 6) is -0.529. The van der Waals surface area contributed by atoms with Gasteiger partial charge in [0.25, 0.3) is 0 Å². The Labute approximate surface area is 236 Å². The van der Waals surface area contributed by atoms with Gasteiger partial charge in [0.1, 0.15) is 5.56 Å². The number of rotatable bonds is 23. The zero-order valence-corrected chi connectivity index (χ0v) is 24.6. The van der Waals surface area contributed by atoms with Crippen LogP contribution in [0.25, 0.3) is 0 Å². The molecule has 2 rings (SSSR count). The summed E-state index contributed by atoms with van der Waals surface area (Å²) in [6, 6.07) is 13.6. The molecule has 0 aliphatic rings. The fraction of sp³-hybridized carbons (Fsp3) is 0.594. The lowest BCUT2D eigenvalue weighted by Gasteiger charge is -2.07. The van der Waals surface area contributed by atoms with Crippen LogP contribution in [0.3, 0.4) is 0 Å². The van der Waals surface area contributed by atoms with Gasteiger partial charge in [-0.05, 0) is 44.0 Å². The molecule has 0 atom stereocenters. The van der Waals surface area contributed by atoms with Crippen LogP contribution in [0.2, 0.25) is 0 Å². The van der Waals surface area contributed by atoms with Gasteiger partial charge >= 0.3 is 5.97 Å². The average Bonchev–Trinajstić information content (AvgIpc) is 2.92. The number of hydrogen-bond acceptors (Lipinski definition) is 5. The van der Waals surface area contributed by atoms with E-state index in [1.54, 1.807) is 30.3 Å². The number of carboxylic acids is 1. The molecule has 39 heavy (non-hydrogen) atoms. The molecule has 0 aliphatic heterocycles. The summed E-state index contributed by atoms with van der Waals surface area (Å²) in [5.41, 5.74) is 1.19. The van der Waals surface area contributed by atoms with Gasteiger partial charge in [0.05, 0.1) is 17.3 Å². The molecule has 0 saturated heterocycles. The molecule has 218 valence electrons. The van der Waals surface area contributed by atoms with Crippen molar-refractivity contribution in [3.63, 3.8) is 0 Å². The minimum Gasteiger partial charge on any atom is -0.478 e. The van der Waals surface area contributed by atoms with Gasteiger partial charge in [-0.1, -0.05) is 120 Å². The van der Waals surface area contributed by atoms with Gasteiger partial charge < -0.3 is 9.99 Å². The monoisotopic (exact) mass is 560 g/mol. The first-order valence-electron chi connectivity index (χ1n) is 14.8. The van der Waals surface area contributed by atoms with E-state index in [-0.39, 0.29) is 17.1 Å². The van der Waals surface area contributed by atoms with E-state index >= 15 is 0 Å². The smallest absolute Gasteiger partial charge is 0.339 e. The first kappa shape index (κ1) is 32.8. The van der Waals surface area contributed by atoms with Crippen molar-refractivity contribution in [1.29, 1.82) is 0 Å². The molecule has 7 heteroatoms. The van der Waals surface area contributed by atoms with Crippen molar-refractivity contribution in [2.75, 3.05) is 12.4 Å². The highest BCUT2D eigenvalue weighted by Crippen LogP contribution is 2.19. The van der Waals surface area contributed by atoms with E-state index in [1.807, 2.05) is 19.1 Å². The molecular formula is C32H48O6S. The van der Waals surface area contributed by atoms with E-state index in [9.17, 15) is 13.2 Å². The number of carboxylic acid groups (broad SMARTS) is 1. The summed E-state index contributed by atoms with van der Waals surface area (Å²) in [4.78, 5) is 21.9. The van der Waals surface area contributed by atoms with E-state index < -0.39 is 15.8 Å². The Morgan fingerprint density at radius 3 is 1.64 bits per heavy atom. The zero-order chi connectivity index (χ0) is 28.2. The van der Waals surface area contributed by atoms with Crippen molar-refractivity contribution >= 4 is 15.8 Å². The lowest BCUT2D eigenvalue weighted by Crippen LogP contribution is -2.06. The Morgan fingerprint density at radius 1 is 0.667 bits per heavy atom. The predicted octanol–water partition coefficient (Wildman–Crippen LogP) is 8.72. The second-order valence-corrected chi connectivity index (χ2v) is 12.6. The molecule has 0 radical (unpaired) electrons. The minimum atomic E-state index is -3.14. The summed E-state index contributed by atoms with van der Waals surface area (Å²) in [6.45, 7) is 2.43. The number of hydrogen-bond donors (Lipinski definition) is 1. The predicted molar refractivity (Wildman–Crippen MR) is 157 cm³/mol. The Hall–Kier alpha value is -2.38. The van der Waals surface area contributed by atoms with Crippen LogP contribution in [0.4, 0.5) is 0 Å². The largest absolute Gasteiger partial charge is 0.478 e. The Balaban J connectivity index is 1.30. The molecule has 0 saturated carbocycles. The van der Waals surface area contributed by atoms with Crippen LogP contribution in [0, 0.1) is 6.92 Å². The highest BCUT2D eigenvalue weighted by atomic mass is 32.2. The molecule has 1 N–H and O–H groups in total. The van der Waals surface area contributed by atoms with Crippen LogP contribution in [0.15, 0.2) is 53.4 Å². The molecule has 2 aromatic rings. The zero-order valence-electron chi connectivity index (χ0n) is 23.7. The number of para-hydroxylation sites is 1. The first-order chi connectivity index (χ1) is 18.9. The maximum absolute atomic E-state index is 12.4. The van der Waals surface area contributed by atoms with Crippen LogP contribution in [0.1, 0.15) is 119 Å². The van der Waals surface area contributed by atoms with Crippen LogP contribution in [0.5, 0.6) is 5.75 Å². The first-order valence-corrected chi connectivity index (χ1v) is 16.5. The number of aromatic carboxylic acids is 1.